The van der Waals surface area contributed by atoms with Crippen molar-refractivity contribution in [3.8, 4) is 17.0 Å². The Bertz CT molecular complexity index is 1610. The van der Waals surface area contributed by atoms with Crippen LogP contribution in [0.4, 0.5) is 17.1 Å². The van der Waals surface area contributed by atoms with E-state index in [1.165, 1.54) is 19.4 Å². The van der Waals surface area contributed by atoms with E-state index in [1.54, 1.807) is 24.4 Å². The molecule has 0 aliphatic rings. The van der Waals surface area contributed by atoms with E-state index >= 15 is 0 Å². The third kappa shape index (κ3) is 5.31. The minimum absolute atomic E-state index is 0.143. The van der Waals surface area contributed by atoms with Crippen LogP contribution < -0.4 is 13.8 Å². The van der Waals surface area contributed by atoms with Crippen molar-refractivity contribution < 1.29 is 21.6 Å². The van der Waals surface area contributed by atoms with Crippen molar-refractivity contribution >= 4 is 59.6 Å². The highest BCUT2D eigenvalue weighted by molar-refractivity contribution is 8.09. The fourth-order valence-corrected chi connectivity index (χ4v) is 6.78. The Kier molecular flexibility index (Phi) is 6.58. The van der Waals surface area contributed by atoms with Crippen molar-refractivity contribution in [1.29, 1.82) is 0 Å². The van der Waals surface area contributed by atoms with E-state index in [9.17, 15) is 16.8 Å². The van der Waals surface area contributed by atoms with Gasteiger partial charge in [0.05, 0.1) is 25.1 Å². The summed E-state index contributed by atoms with van der Waals surface area (Å²) in [6.07, 6.45) is 4.76. The maximum Gasteiger partial charge on any atom is 0.245 e. The van der Waals surface area contributed by atoms with Crippen LogP contribution in [0.25, 0.3) is 22.0 Å². The van der Waals surface area contributed by atoms with Crippen molar-refractivity contribution in [3.05, 3.63) is 72.0 Å². The van der Waals surface area contributed by atoms with Crippen molar-refractivity contribution in [2.24, 2.45) is 0 Å². The van der Waals surface area contributed by atoms with Crippen LogP contribution in [0.2, 0.25) is 5.02 Å². The maximum absolute atomic E-state index is 12.3. The molecule has 4 aromatic rings. The average molecular weight is 533 g/mol. The van der Waals surface area contributed by atoms with Gasteiger partial charge in [0.15, 0.2) is 0 Å². The zero-order valence-electron chi connectivity index (χ0n) is 18.9. The molecule has 0 atom stereocenters. The van der Waals surface area contributed by atoms with Gasteiger partial charge in [-0.1, -0.05) is 23.7 Å². The second-order valence-electron chi connectivity index (χ2n) is 7.70. The molecule has 2 aromatic carbocycles. The van der Waals surface area contributed by atoms with Crippen molar-refractivity contribution in [1.82, 2.24) is 9.97 Å². The number of hydrogen-bond acceptors (Lipinski definition) is 8. The highest BCUT2D eigenvalue weighted by atomic mass is 35.5. The first-order valence-electron chi connectivity index (χ1n) is 10.1. The predicted octanol–water partition coefficient (Wildman–Crippen LogP) is 4.43. The molecule has 0 spiro atoms. The van der Waals surface area contributed by atoms with Gasteiger partial charge in [-0.3, -0.25) is 4.98 Å². The van der Waals surface area contributed by atoms with Gasteiger partial charge in [0.1, 0.15) is 5.69 Å². The van der Waals surface area contributed by atoms with Crippen molar-refractivity contribution in [2.75, 3.05) is 28.6 Å². The summed E-state index contributed by atoms with van der Waals surface area (Å²) in [6, 6.07) is 16.0. The number of methoxy groups -OCH3 is 1. The lowest BCUT2D eigenvalue weighted by atomic mass is 10.0. The molecule has 0 fully saturated rings. The van der Waals surface area contributed by atoms with Crippen molar-refractivity contribution in [2.45, 2.75) is 0 Å². The minimum Gasteiger partial charge on any atom is -0.479 e. The number of fused-ring (bicyclic) bond motifs is 1. The molecule has 12 heteroatoms. The Labute approximate surface area is 208 Å². The van der Waals surface area contributed by atoms with Crippen LogP contribution >= 0.6 is 11.6 Å². The predicted molar refractivity (Wildman–Crippen MR) is 138 cm³/mol. The number of hydrogen-bond donors (Lipinski definition) is 1. The Morgan fingerprint density at radius 2 is 1.66 bits per heavy atom. The van der Waals surface area contributed by atoms with Crippen LogP contribution in [0, 0.1) is 0 Å². The fraction of sp³-hybridized carbons (Fsp3) is 0.130. The SMILES string of the molecule is COc1ncc(-c2ccc3nccc(Nc4cccc(Cl)c4)c3c2)cc1N(S(C)(=O)=O)S(C)(=O)=O. The quantitative estimate of drug-likeness (QED) is 0.371. The lowest BCUT2D eigenvalue weighted by molar-refractivity contribution is 0.399. The zero-order valence-corrected chi connectivity index (χ0v) is 21.3. The molecular weight excluding hydrogens is 512 g/mol. The van der Waals surface area contributed by atoms with Gasteiger partial charge in [0.25, 0.3) is 0 Å². The molecule has 0 radical (unpaired) electrons. The molecule has 2 heterocycles. The standard InChI is InChI=1S/C23H21ClN4O5S2/c1-33-23-22(28(34(2,29)30)35(3,31)32)12-16(14-26-23)15-7-8-20-19(11-15)21(9-10-25-20)27-18-6-4-5-17(24)13-18/h4-14H,1-3H3,(H,25,27). The number of ether oxygens (including phenoxy) is 1. The Hall–Kier alpha value is -3.41. The van der Waals surface area contributed by atoms with Gasteiger partial charge >= 0.3 is 0 Å². The largest absolute Gasteiger partial charge is 0.479 e. The Balaban J connectivity index is 1.86. The molecule has 0 aliphatic carbocycles. The van der Waals surface area contributed by atoms with E-state index in [1.807, 2.05) is 30.3 Å². The van der Waals surface area contributed by atoms with E-state index < -0.39 is 20.0 Å². The monoisotopic (exact) mass is 532 g/mol. The first kappa shape index (κ1) is 24.7. The molecular formula is C23H21ClN4O5S2. The van der Waals surface area contributed by atoms with Crippen LogP contribution in [0.15, 0.2) is 67.0 Å². The van der Waals surface area contributed by atoms with Gasteiger partial charge < -0.3 is 10.1 Å². The number of aromatic nitrogens is 2. The number of anilines is 3. The fourth-order valence-electron chi connectivity index (χ4n) is 3.65. The van der Waals surface area contributed by atoms with E-state index in [4.69, 9.17) is 16.3 Å². The van der Waals surface area contributed by atoms with Crippen LogP contribution in [-0.4, -0.2) is 46.4 Å². The van der Waals surface area contributed by atoms with Gasteiger partial charge in [-0.2, -0.15) is 3.71 Å². The molecule has 0 saturated heterocycles. The Morgan fingerprint density at radius 3 is 2.31 bits per heavy atom. The molecule has 0 bridgehead atoms. The van der Waals surface area contributed by atoms with E-state index in [-0.39, 0.29) is 11.6 Å². The second-order valence-corrected chi connectivity index (χ2v) is 12.0. The van der Waals surface area contributed by atoms with Gasteiger partial charge in [-0.05, 0) is 48.0 Å². The van der Waals surface area contributed by atoms with Gasteiger partial charge in [-0.25, -0.2) is 21.8 Å². The summed E-state index contributed by atoms with van der Waals surface area (Å²) in [4.78, 5) is 8.57. The molecule has 0 aliphatic heterocycles. The third-order valence-corrected chi connectivity index (χ3v) is 8.46. The van der Waals surface area contributed by atoms with Gasteiger partial charge in [0.2, 0.25) is 25.9 Å². The summed E-state index contributed by atoms with van der Waals surface area (Å²) in [5.41, 5.74) is 3.22. The number of sulfonamides is 2. The molecule has 2 aromatic heterocycles. The number of pyridine rings is 2. The molecule has 9 nitrogen and oxygen atoms in total. The van der Waals surface area contributed by atoms with Crippen LogP contribution in [0.1, 0.15) is 0 Å². The van der Waals surface area contributed by atoms with E-state index in [2.05, 4.69) is 15.3 Å². The second kappa shape index (κ2) is 9.33. The summed E-state index contributed by atoms with van der Waals surface area (Å²) in [5, 5.41) is 4.70. The third-order valence-electron chi connectivity index (χ3n) is 5.00. The summed E-state index contributed by atoms with van der Waals surface area (Å²) >= 11 is 6.10. The lowest BCUT2D eigenvalue weighted by Crippen LogP contribution is -2.35. The molecule has 1 N–H and O–H groups in total. The van der Waals surface area contributed by atoms with Crippen LogP contribution in [0.3, 0.4) is 0 Å². The molecule has 0 saturated carbocycles. The first-order chi connectivity index (χ1) is 16.5. The zero-order chi connectivity index (χ0) is 25.4. The summed E-state index contributed by atoms with van der Waals surface area (Å²) in [7, 11) is -7.10. The lowest BCUT2D eigenvalue weighted by Gasteiger charge is -2.22. The highest BCUT2D eigenvalue weighted by Gasteiger charge is 2.31. The normalized spacial score (nSPS) is 11.9. The number of halogens is 1. The minimum atomic E-state index is -4.19. The number of nitrogens with zero attached hydrogens (tertiary/aromatic N) is 3. The number of rotatable bonds is 7. The van der Waals surface area contributed by atoms with Crippen molar-refractivity contribution in [3.63, 3.8) is 0 Å². The highest BCUT2D eigenvalue weighted by Crippen LogP contribution is 2.36. The molecule has 4 rings (SSSR count). The number of nitrogens with one attached hydrogen (secondary N) is 1. The molecule has 0 unspecified atom stereocenters. The average Bonchev–Trinajstić information content (AvgIpc) is 2.77. The topological polar surface area (TPSA) is 119 Å². The first-order valence-corrected chi connectivity index (χ1v) is 14.2. The van der Waals surface area contributed by atoms with Crippen LogP contribution in [0.5, 0.6) is 5.88 Å². The van der Waals surface area contributed by atoms with Gasteiger partial charge in [0, 0.05) is 39.7 Å². The van der Waals surface area contributed by atoms with E-state index in [0.717, 1.165) is 34.8 Å². The maximum atomic E-state index is 12.3. The van der Waals surface area contributed by atoms with Gasteiger partial charge in [-0.15, -0.1) is 0 Å². The Morgan fingerprint density at radius 1 is 0.914 bits per heavy atom. The smallest absolute Gasteiger partial charge is 0.245 e. The number of benzene rings is 2. The summed E-state index contributed by atoms with van der Waals surface area (Å²) in [6.45, 7) is 0. The summed E-state index contributed by atoms with van der Waals surface area (Å²) < 4.78 is 54.9. The van der Waals surface area contributed by atoms with E-state index in [0.29, 0.717) is 19.9 Å². The summed E-state index contributed by atoms with van der Waals surface area (Å²) in [5.74, 6) is -0.143. The molecule has 0 amide bonds. The molecule has 35 heavy (non-hydrogen) atoms. The molecule has 182 valence electrons. The van der Waals surface area contributed by atoms with Crippen LogP contribution in [-0.2, 0) is 20.0 Å².